The molecule has 1 N–H and O–H groups in total. The molecule has 1 aromatic carbocycles. The van der Waals surface area contributed by atoms with Crippen LogP contribution in [-0.4, -0.2) is 45.7 Å². The molecule has 3 aromatic rings. The molecule has 0 saturated heterocycles. The van der Waals surface area contributed by atoms with Gasteiger partial charge in [-0.1, -0.05) is 19.9 Å². The minimum atomic E-state index is -0.212. The monoisotopic (exact) mass is 440 g/mol. The number of methoxy groups -OCH3 is 1. The third-order valence-electron chi connectivity index (χ3n) is 5.44. The average Bonchev–Trinajstić information content (AvgIpc) is 3.15. The second-order valence-corrected chi connectivity index (χ2v) is 7.90. The lowest BCUT2D eigenvalue weighted by Gasteiger charge is -2.24. The average molecular weight is 441 g/mol. The number of fused-ring (bicyclic) bond motifs is 1. The Morgan fingerprint density at radius 1 is 1.16 bits per heavy atom. The molecule has 0 unspecified atom stereocenters. The Hall–Kier alpha value is -3.29. The SMILES string of the molecule is CCCOc1ccc(CN(CCC)C(=O)Cc2c(C)nc3cc(=O)[nH]n3c2C)cc1OC. The fourth-order valence-electron chi connectivity index (χ4n) is 3.80. The number of rotatable bonds is 10. The smallest absolute Gasteiger partial charge is 0.266 e. The van der Waals surface area contributed by atoms with E-state index in [-0.39, 0.29) is 17.9 Å². The minimum Gasteiger partial charge on any atom is -0.493 e. The van der Waals surface area contributed by atoms with Crippen LogP contribution in [0.4, 0.5) is 0 Å². The number of aromatic amines is 1. The molecule has 0 atom stereocenters. The molecule has 8 nitrogen and oxygen atoms in total. The van der Waals surface area contributed by atoms with Gasteiger partial charge in [0.25, 0.3) is 5.56 Å². The van der Waals surface area contributed by atoms with Crippen LogP contribution in [0.1, 0.15) is 49.2 Å². The first-order valence-corrected chi connectivity index (χ1v) is 11.0. The number of amides is 1. The fourth-order valence-corrected chi connectivity index (χ4v) is 3.80. The maximum absolute atomic E-state index is 13.3. The van der Waals surface area contributed by atoms with Crippen molar-refractivity contribution in [1.29, 1.82) is 0 Å². The second-order valence-electron chi connectivity index (χ2n) is 7.90. The van der Waals surface area contributed by atoms with E-state index >= 15 is 0 Å². The van der Waals surface area contributed by atoms with Crippen molar-refractivity contribution in [1.82, 2.24) is 19.5 Å². The Morgan fingerprint density at radius 3 is 2.62 bits per heavy atom. The van der Waals surface area contributed by atoms with Crippen molar-refractivity contribution in [3.63, 3.8) is 0 Å². The van der Waals surface area contributed by atoms with Crippen molar-refractivity contribution in [2.45, 2.75) is 53.5 Å². The highest BCUT2D eigenvalue weighted by atomic mass is 16.5. The van der Waals surface area contributed by atoms with Crippen LogP contribution in [0.15, 0.2) is 29.1 Å². The van der Waals surface area contributed by atoms with Crippen LogP contribution in [0.5, 0.6) is 11.5 Å². The third-order valence-corrected chi connectivity index (χ3v) is 5.44. The zero-order chi connectivity index (χ0) is 23.3. The molecule has 2 aromatic heterocycles. The summed E-state index contributed by atoms with van der Waals surface area (Å²) in [7, 11) is 1.62. The number of benzene rings is 1. The predicted molar refractivity (Wildman–Crippen MR) is 123 cm³/mol. The van der Waals surface area contributed by atoms with E-state index in [4.69, 9.17) is 9.47 Å². The number of carbonyl (C=O) groups excluding carboxylic acids is 1. The maximum atomic E-state index is 13.3. The molecule has 0 radical (unpaired) electrons. The largest absolute Gasteiger partial charge is 0.493 e. The molecule has 0 bridgehead atoms. The Morgan fingerprint density at radius 2 is 1.94 bits per heavy atom. The van der Waals surface area contributed by atoms with Gasteiger partial charge in [-0.05, 0) is 44.4 Å². The summed E-state index contributed by atoms with van der Waals surface area (Å²) in [5, 5.41) is 2.74. The lowest BCUT2D eigenvalue weighted by molar-refractivity contribution is -0.131. The summed E-state index contributed by atoms with van der Waals surface area (Å²) < 4.78 is 12.9. The molecular weight excluding hydrogens is 408 g/mol. The molecule has 0 spiro atoms. The zero-order valence-corrected chi connectivity index (χ0v) is 19.5. The Bertz CT molecular complexity index is 1150. The van der Waals surface area contributed by atoms with E-state index in [1.165, 1.54) is 6.07 Å². The van der Waals surface area contributed by atoms with Gasteiger partial charge in [-0.2, -0.15) is 0 Å². The number of ether oxygens (including phenoxy) is 2. The van der Waals surface area contributed by atoms with Crippen LogP contribution >= 0.6 is 0 Å². The van der Waals surface area contributed by atoms with E-state index in [0.29, 0.717) is 36.8 Å². The quantitative estimate of drug-likeness (QED) is 0.522. The van der Waals surface area contributed by atoms with Gasteiger partial charge in [0.15, 0.2) is 17.1 Å². The molecular formula is C24H32N4O4. The summed E-state index contributed by atoms with van der Waals surface area (Å²) in [5.74, 6) is 1.38. The van der Waals surface area contributed by atoms with Gasteiger partial charge in [0.1, 0.15) is 0 Å². The molecule has 0 aliphatic carbocycles. The summed E-state index contributed by atoms with van der Waals surface area (Å²) in [6, 6.07) is 7.25. The summed E-state index contributed by atoms with van der Waals surface area (Å²) in [6.07, 6.45) is 1.98. The van der Waals surface area contributed by atoms with E-state index < -0.39 is 0 Å². The van der Waals surface area contributed by atoms with Crippen LogP contribution in [0.25, 0.3) is 5.65 Å². The van der Waals surface area contributed by atoms with E-state index in [1.807, 2.05) is 36.9 Å². The normalized spacial score (nSPS) is 11.0. The molecule has 32 heavy (non-hydrogen) atoms. The summed E-state index contributed by atoms with van der Waals surface area (Å²) >= 11 is 0. The molecule has 0 aliphatic heterocycles. The molecule has 8 heteroatoms. The first kappa shape index (κ1) is 23.4. The van der Waals surface area contributed by atoms with Crippen molar-refractivity contribution in [3.05, 3.63) is 57.1 Å². The first-order chi connectivity index (χ1) is 15.4. The van der Waals surface area contributed by atoms with Gasteiger partial charge < -0.3 is 14.4 Å². The fraction of sp³-hybridized carbons (Fsp3) is 0.458. The predicted octanol–water partition coefficient (Wildman–Crippen LogP) is 3.42. The number of nitrogens with zero attached hydrogens (tertiary/aromatic N) is 3. The number of carbonyl (C=O) groups is 1. The number of H-pyrrole nitrogens is 1. The molecule has 0 fully saturated rings. The molecule has 3 rings (SSSR count). The summed E-state index contributed by atoms with van der Waals surface area (Å²) in [5.41, 5.74) is 3.73. The second kappa shape index (κ2) is 10.3. The minimum absolute atomic E-state index is 0.0129. The van der Waals surface area contributed by atoms with Gasteiger partial charge in [-0.15, -0.1) is 0 Å². The van der Waals surface area contributed by atoms with E-state index in [1.54, 1.807) is 11.6 Å². The number of hydrogen-bond acceptors (Lipinski definition) is 5. The third kappa shape index (κ3) is 5.12. The highest BCUT2D eigenvalue weighted by molar-refractivity contribution is 5.79. The highest BCUT2D eigenvalue weighted by Crippen LogP contribution is 2.29. The van der Waals surface area contributed by atoms with Crippen molar-refractivity contribution in [3.8, 4) is 11.5 Å². The number of nitrogens with one attached hydrogen (secondary N) is 1. The zero-order valence-electron chi connectivity index (χ0n) is 19.5. The summed E-state index contributed by atoms with van der Waals surface area (Å²) in [6.45, 7) is 9.62. The van der Waals surface area contributed by atoms with E-state index in [0.717, 1.165) is 35.4 Å². The van der Waals surface area contributed by atoms with Crippen molar-refractivity contribution >= 4 is 11.6 Å². The van der Waals surface area contributed by atoms with Crippen molar-refractivity contribution in [2.75, 3.05) is 20.3 Å². The van der Waals surface area contributed by atoms with Crippen LogP contribution < -0.4 is 15.0 Å². The van der Waals surface area contributed by atoms with Gasteiger partial charge in [0.2, 0.25) is 5.91 Å². The Balaban J connectivity index is 1.82. The lowest BCUT2D eigenvalue weighted by atomic mass is 10.1. The topological polar surface area (TPSA) is 88.9 Å². The van der Waals surface area contributed by atoms with Crippen LogP contribution in [0.3, 0.4) is 0 Å². The molecule has 0 saturated carbocycles. The number of aromatic nitrogens is 3. The molecule has 172 valence electrons. The van der Waals surface area contributed by atoms with Gasteiger partial charge in [-0.25, -0.2) is 9.50 Å². The highest BCUT2D eigenvalue weighted by Gasteiger charge is 2.19. The first-order valence-electron chi connectivity index (χ1n) is 11.0. The maximum Gasteiger partial charge on any atom is 0.266 e. The van der Waals surface area contributed by atoms with Gasteiger partial charge in [0.05, 0.1) is 20.1 Å². The standard InChI is InChI=1S/C24H32N4O4/c1-6-10-27(15-18-8-9-20(32-11-7-2)21(12-18)31-5)24(30)13-19-16(3)25-22-14-23(29)26-28(22)17(19)4/h8-9,12,14H,6-7,10-11,13,15H2,1-5H3,(H,26,29). The Labute approximate surface area is 188 Å². The van der Waals surface area contributed by atoms with Gasteiger partial charge >= 0.3 is 0 Å². The van der Waals surface area contributed by atoms with E-state index in [9.17, 15) is 9.59 Å². The molecule has 0 aliphatic rings. The van der Waals surface area contributed by atoms with Gasteiger partial charge in [-0.3, -0.25) is 14.7 Å². The van der Waals surface area contributed by atoms with Crippen molar-refractivity contribution in [2.24, 2.45) is 0 Å². The number of hydrogen-bond donors (Lipinski definition) is 1. The molecule has 2 heterocycles. The molecule has 1 amide bonds. The van der Waals surface area contributed by atoms with Gasteiger partial charge in [0, 0.05) is 36.1 Å². The van der Waals surface area contributed by atoms with Crippen LogP contribution in [0, 0.1) is 13.8 Å². The van der Waals surface area contributed by atoms with E-state index in [2.05, 4.69) is 23.9 Å². The number of aryl methyl sites for hydroxylation is 2. The van der Waals surface area contributed by atoms with Crippen molar-refractivity contribution < 1.29 is 14.3 Å². The summed E-state index contributed by atoms with van der Waals surface area (Å²) in [4.78, 5) is 31.3. The lowest BCUT2D eigenvalue weighted by Crippen LogP contribution is -2.33. The van der Waals surface area contributed by atoms with Crippen LogP contribution in [-0.2, 0) is 17.8 Å². The Kier molecular flexibility index (Phi) is 7.56. The van der Waals surface area contributed by atoms with Crippen LogP contribution in [0.2, 0.25) is 0 Å².